The summed E-state index contributed by atoms with van der Waals surface area (Å²) in [5.41, 5.74) is 6.90. The van der Waals surface area contributed by atoms with E-state index in [2.05, 4.69) is 0 Å². The van der Waals surface area contributed by atoms with Crippen molar-refractivity contribution in [1.29, 1.82) is 0 Å². The molecule has 1 aliphatic carbocycles. The van der Waals surface area contributed by atoms with Crippen LogP contribution in [0.3, 0.4) is 0 Å². The van der Waals surface area contributed by atoms with Gasteiger partial charge in [0.2, 0.25) is 0 Å². The van der Waals surface area contributed by atoms with E-state index >= 15 is 0 Å². The van der Waals surface area contributed by atoms with Gasteiger partial charge in [-0.1, -0.05) is 29.8 Å². The van der Waals surface area contributed by atoms with Crippen molar-refractivity contribution in [2.45, 2.75) is 23.0 Å². The lowest BCUT2D eigenvalue weighted by Gasteiger charge is -2.12. The van der Waals surface area contributed by atoms with Crippen LogP contribution in [-0.2, 0) is 9.84 Å². The number of aliphatic hydroxyl groups excluding tert-OH is 1. The molecule has 3 atom stereocenters. The average molecular weight is 361 g/mol. The van der Waals surface area contributed by atoms with E-state index in [9.17, 15) is 13.5 Å². The monoisotopic (exact) mass is 361 g/mol. The van der Waals surface area contributed by atoms with Crippen molar-refractivity contribution in [2.24, 2.45) is 11.1 Å². The highest BCUT2D eigenvalue weighted by atomic mass is 32.2. The van der Waals surface area contributed by atoms with Crippen LogP contribution in [0.1, 0.15) is 17.0 Å². The standard InChI is InChI=1S/C19H23NO4S/c1-13-3-9-16(10-4-13)25(22,23)18-17(19(18,11-20)12-21)14-5-7-15(24-2)8-6-14/h3-10,17-18,21H,11-12,20H2,1-2H3/t17-,18-,19-/m1/s1. The number of benzene rings is 2. The molecule has 0 unspecified atom stereocenters. The zero-order chi connectivity index (χ0) is 18.2. The molecule has 2 aromatic carbocycles. The Kier molecular flexibility index (Phi) is 4.62. The lowest BCUT2D eigenvalue weighted by atomic mass is 10.00. The fourth-order valence-corrected chi connectivity index (χ4v) is 6.08. The fraction of sp³-hybridized carbons (Fsp3) is 0.368. The number of sulfone groups is 1. The zero-order valence-electron chi connectivity index (χ0n) is 14.3. The molecule has 134 valence electrons. The van der Waals surface area contributed by atoms with E-state index < -0.39 is 20.5 Å². The molecular weight excluding hydrogens is 338 g/mol. The van der Waals surface area contributed by atoms with Crippen LogP contribution in [0.2, 0.25) is 0 Å². The summed E-state index contributed by atoms with van der Waals surface area (Å²) < 4.78 is 31.5. The Morgan fingerprint density at radius 1 is 1.12 bits per heavy atom. The topological polar surface area (TPSA) is 89.6 Å². The predicted molar refractivity (Wildman–Crippen MR) is 96.5 cm³/mol. The fourth-order valence-electron chi connectivity index (χ4n) is 3.63. The van der Waals surface area contributed by atoms with Gasteiger partial charge in [0.15, 0.2) is 9.84 Å². The molecule has 1 aliphatic rings. The number of aryl methyl sites for hydroxylation is 1. The highest BCUT2D eigenvalue weighted by Gasteiger charge is 2.70. The number of hydrogen-bond donors (Lipinski definition) is 2. The molecule has 0 amide bonds. The van der Waals surface area contributed by atoms with Crippen LogP contribution in [0.5, 0.6) is 5.75 Å². The Morgan fingerprint density at radius 3 is 2.20 bits per heavy atom. The lowest BCUT2D eigenvalue weighted by molar-refractivity contribution is 0.212. The maximum absolute atomic E-state index is 13.2. The van der Waals surface area contributed by atoms with Gasteiger partial charge in [0, 0.05) is 17.9 Å². The van der Waals surface area contributed by atoms with Gasteiger partial charge < -0.3 is 15.6 Å². The van der Waals surface area contributed by atoms with Crippen LogP contribution in [0.15, 0.2) is 53.4 Å². The van der Waals surface area contributed by atoms with Gasteiger partial charge in [-0.3, -0.25) is 0 Å². The van der Waals surface area contributed by atoms with Crippen molar-refractivity contribution < 1.29 is 18.3 Å². The quantitative estimate of drug-likeness (QED) is 0.820. The van der Waals surface area contributed by atoms with Crippen LogP contribution in [0.25, 0.3) is 0 Å². The van der Waals surface area contributed by atoms with E-state index in [-0.39, 0.29) is 24.0 Å². The number of nitrogens with two attached hydrogens (primary N) is 1. The molecule has 1 fully saturated rings. The Labute approximate surface area is 148 Å². The molecule has 3 rings (SSSR count). The van der Waals surface area contributed by atoms with Crippen LogP contribution in [0.4, 0.5) is 0 Å². The van der Waals surface area contributed by atoms with Crippen LogP contribution < -0.4 is 10.5 Å². The van der Waals surface area contributed by atoms with Gasteiger partial charge in [-0.15, -0.1) is 0 Å². The van der Waals surface area contributed by atoms with Crippen LogP contribution in [0, 0.1) is 12.3 Å². The summed E-state index contributed by atoms with van der Waals surface area (Å²) in [5.74, 6) is 0.365. The van der Waals surface area contributed by atoms with Gasteiger partial charge in [-0.05, 0) is 36.8 Å². The molecule has 0 bridgehead atoms. The molecule has 25 heavy (non-hydrogen) atoms. The van der Waals surface area contributed by atoms with Gasteiger partial charge in [-0.2, -0.15) is 0 Å². The molecule has 0 aliphatic heterocycles. The molecule has 0 saturated heterocycles. The third kappa shape index (κ3) is 2.84. The summed E-state index contributed by atoms with van der Waals surface area (Å²) in [7, 11) is -2.02. The molecular formula is C19H23NO4S. The Morgan fingerprint density at radius 2 is 1.72 bits per heavy atom. The second-order valence-electron chi connectivity index (χ2n) is 6.62. The van der Waals surface area contributed by atoms with Gasteiger partial charge in [0.05, 0.1) is 23.9 Å². The first kappa shape index (κ1) is 17.9. The molecule has 2 aromatic rings. The minimum atomic E-state index is -3.60. The zero-order valence-corrected chi connectivity index (χ0v) is 15.2. The summed E-state index contributed by atoms with van der Waals surface area (Å²) >= 11 is 0. The number of aliphatic hydroxyl groups is 1. The maximum atomic E-state index is 13.2. The Balaban J connectivity index is 2.02. The van der Waals surface area contributed by atoms with E-state index in [4.69, 9.17) is 10.5 Å². The van der Waals surface area contributed by atoms with E-state index in [0.717, 1.165) is 11.1 Å². The van der Waals surface area contributed by atoms with Crippen LogP contribution >= 0.6 is 0 Å². The molecule has 5 nitrogen and oxygen atoms in total. The highest BCUT2D eigenvalue weighted by Crippen LogP contribution is 2.63. The third-order valence-corrected chi connectivity index (χ3v) is 7.55. The van der Waals surface area contributed by atoms with E-state index in [1.165, 1.54) is 0 Å². The SMILES string of the molecule is COc1ccc([C@@H]2[C@@H](S(=O)(=O)c3ccc(C)cc3)[C@]2(CN)CO)cc1. The second-order valence-corrected chi connectivity index (χ2v) is 8.69. The minimum Gasteiger partial charge on any atom is -0.497 e. The molecule has 0 radical (unpaired) electrons. The molecule has 0 spiro atoms. The number of rotatable bonds is 6. The van der Waals surface area contributed by atoms with E-state index in [1.807, 2.05) is 19.1 Å². The number of methoxy groups -OCH3 is 1. The van der Waals surface area contributed by atoms with Crippen molar-refractivity contribution in [3.05, 3.63) is 59.7 Å². The Hall–Kier alpha value is -1.89. The second kappa shape index (κ2) is 6.44. The Bertz CT molecular complexity index is 840. The first-order valence-electron chi connectivity index (χ1n) is 8.16. The van der Waals surface area contributed by atoms with E-state index in [0.29, 0.717) is 5.75 Å². The number of ether oxygens (including phenoxy) is 1. The summed E-state index contributed by atoms with van der Waals surface area (Å²) in [5, 5.41) is 9.21. The minimum absolute atomic E-state index is 0.107. The summed E-state index contributed by atoms with van der Waals surface area (Å²) in [6, 6.07) is 14.1. The molecule has 0 aromatic heterocycles. The van der Waals surface area contributed by atoms with Gasteiger partial charge in [0.25, 0.3) is 0 Å². The van der Waals surface area contributed by atoms with Crippen molar-refractivity contribution >= 4 is 9.84 Å². The van der Waals surface area contributed by atoms with Gasteiger partial charge >= 0.3 is 0 Å². The predicted octanol–water partition coefficient (Wildman–Crippen LogP) is 1.88. The largest absolute Gasteiger partial charge is 0.497 e. The first-order chi connectivity index (χ1) is 11.9. The van der Waals surface area contributed by atoms with Crippen molar-refractivity contribution in [3.8, 4) is 5.75 Å². The maximum Gasteiger partial charge on any atom is 0.182 e. The molecule has 6 heteroatoms. The summed E-state index contributed by atoms with van der Waals surface area (Å²) in [4.78, 5) is 0.269. The summed E-state index contributed by atoms with van der Waals surface area (Å²) in [6.45, 7) is 1.75. The number of hydrogen-bond acceptors (Lipinski definition) is 5. The first-order valence-corrected chi connectivity index (χ1v) is 9.71. The van der Waals surface area contributed by atoms with Crippen molar-refractivity contribution in [3.63, 3.8) is 0 Å². The third-order valence-electron chi connectivity index (χ3n) is 5.21. The molecule has 3 N–H and O–H groups in total. The van der Waals surface area contributed by atoms with Gasteiger partial charge in [-0.25, -0.2) is 8.42 Å². The average Bonchev–Trinajstić information content (AvgIpc) is 3.33. The highest BCUT2D eigenvalue weighted by molar-refractivity contribution is 7.92. The normalized spacial score (nSPS) is 25.6. The van der Waals surface area contributed by atoms with Crippen molar-refractivity contribution in [2.75, 3.05) is 20.3 Å². The van der Waals surface area contributed by atoms with Gasteiger partial charge in [0.1, 0.15) is 5.75 Å². The smallest absolute Gasteiger partial charge is 0.182 e. The molecule has 0 heterocycles. The summed E-state index contributed by atoms with van der Waals surface area (Å²) in [6.07, 6.45) is 0. The lowest BCUT2D eigenvalue weighted by Crippen LogP contribution is -2.27. The molecule has 1 saturated carbocycles. The van der Waals surface area contributed by atoms with Crippen molar-refractivity contribution in [1.82, 2.24) is 0 Å². The van der Waals surface area contributed by atoms with Crippen LogP contribution in [-0.4, -0.2) is 39.0 Å². The van der Waals surface area contributed by atoms with E-state index in [1.54, 1.807) is 43.5 Å².